The highest BCUT2D eigenvalue weighted by Crippen LogP contribution is 2.21. The van der Waals surface area contributed by atoms with Gasteiger partial charge in [0, 0.05) is 12.0 Å². The minimum atomic E-state index is 0.202. The van der Waals surface area contributed by atoms with Gasteiger partial charge >= 0.3 is 0 Å². The Balaban J connectivity index is 2.10. The molecule has 0 atom stereocenters. The van der Waals surface area contributed by atoms with E-state index in [4.69, 9.17) is 9.84 Å². The van der Waals surface area contributed by atoms with E-state index in [1.165, 1.54) is 0 Å². The first kappa shape index (κ1) is 13.5. The van der Waals surface area contributed by atoms with Crippen molar-refractivity contribution in [1.29, 1.82) is 0 Å². The maximum absolute atomic E-state index is 11.1. The average molecular weight is 259 g/mol. The predicted octanol–water partition coefficient (Wildman–Crippen LogP) is 2.59. The molecule has 0 unspecified atom stereocenters. The summed E-state index contributed by atoms with van der Waals surface area (Å²) in [6, 6.07) is 9.41. The van der Waals surface area contributed by atoms with Gasteiger partial charge in [0.15, 0.2) is 6.29 Å². The van der Waals surface area contributed by atoms with E-state index in [0.29, 0.717) is 18.1 Å². The number of fused-ring (bicyclic) bond motifs is 1. The van der Waals surface area contributed by atoms with E-state index in [1.807, 2.05) is 24.3 Å². The fraction of sp³-hybridized carbons (Fsp3) is 0.333. The number of aldehydes is 1. The molecule has 0 amide bonds. The Labute approximate surface area is 112 Å². The molecule has 100 valence electrons. The van der Waals surface area contributed by atoms with Crippen molar-refractivity contribution in [2.75, 3.05) is 13.2 Å². The minimum absolute atomic E-state index is 0.202. The monoisotopic (exact) mass is 259 g/mol. The number of aromatic nitrogens is 1. The Morgan fingerprint density at radius 1 is 1.21 bits per heavy atom. The standard InChI is InChI=1S/C15H17NO3/c17-8-4-1-5-9-19-15-13(11-18)10-12-6-2-3-7-14(12)16-15/h2-3,6-7,10-11,17H,1,4-5,8-9H2. The number of unbranched alkanes of at least 4 members (excludes halogenated alkanes) is 2. The second-order valence-electron chi connectivity index (χ2n) is 4.33. The van der Waals surface area contributed by atoms with Crippen LogP contribution in [-0.4, -0.2) is 29.6 Å². The molecule has 0 saturated carbocycles. The topological polar surface area (TPSA) is 59.4 Å². The zero-order chi connectivity index (χ0) is 13.5. The van der Waals surface area contributed by atoms with Crippen molar-refractivity contribution in [1.82, 2.24) is 4.98 Å². The number of aliphatic hydroxyl groups is 1. The molecular formula is C15H17NO3. The van der Waals surface area contributed by atoms with Crippen molar-refractivity contribution in [2.24, 2.45) is 0 Å². The summed E-state index contributed by atoms with van der Waals surface area (Å²) in [7, 11) is 0. The Hall–Kier alpha value is -1.94. The molecule has 1 aromatic heterocycles. The molecule has 2 aromatic rings. The maximum atomic E-state index is 11.1. The van der Waals surface area contributed by atoms with Gasteiger partial charge in [0.1, 0.15) is 0 Å². The quantitative estimate of drug-likeness (QED) is 0.613. The molecule has 0 aliphatic heterocycles. The van der Waals surface area contributed by atoms with E-state index in [2.05, 4.69) is 4.98 Å². The number of hydrogen-bond donors (Lipinski definition) is 1. The fourth-order valence-corrected chi connectivity index (χ4v) is 1.87. The van der Waals surface area contributed by atoms with Gasteiger partial charge in [-0.15, -0.1) is 0 Å². The summed E-state index contributed by atoms with van der Waals surface area (Å²) >= 11 is 0. The normalized spacial score (nSPS) is 10.6. The molecule has 0 fully saturated rings. The van der Waals surface area contributed by atoms with Gasteiger partial charge in [0.25, 0.3) is 0 Å². The first-order valence-electron chi connectivity index (χ1n) is 6.44. The summed E-state index contributed by atoms with van der Waals surface area (Å²) in [5.41, 5.74) is 1.29. The SMILES string of the molecule is O=Cc1cc2ccccc2nc1OCCCCCO. The summed E-state index contributed by atoms with van der Waals surface area (Å²) in [4.78, 5) is 15.4. The van der Waals surface area contributed by atoms with Crippen LogP contribution >= 0.6 is 0 Å². The van der Waals surface area contributed by atoms with E-state index < -0.39 is 0 Å². The molecule has 4 heteroatoms. The zero-order valence-electron chi connectivity index (χ0n) is 10.7. The zero-order valence-corrected chi connectivity index (χ0v) is 10.7. The molecular weight excluding hydrogens is 242 g/mol. The lowest BCUT2D eigenvalue weighted by Gasteiger charge is -2.08. The van der Waals surface area contributed by atoms with Crippen LogP contribution in [0.2, 0.25) is 0 Å². The lowest BCUT2D eigenvalue weighted by Crippen LogP contribution is -2.02. The summed E-state index contributed by atoms with van der Waals surface area (Å²) in [5.74, 6) is 0.387. The van der Waals surface area contributed by atoms with Crippen LogP contribution in [0.1, 0.15) is 29.6 Å². The van der Waals surface area contributed by atoms with E-state index in [9.17, 15) is 4.79 Å². The van der Waals surface area contributed by atoms with Crippen LogP contribution in [0.4, 0.5) is 0 Å². The van der Waals surface area contributed by atoms with Crippen molar-refractivity contribution < 1.29 is 14.6 Å². The van der Waals surface area contributed by atoms with Gasteiger partial charge in [-0.25, -0.2) is 4.98 Å². The maximum Gasteiger partial charge on any atom is 0.224 e. The van der Waals surface area contributed by atoms with Crippen molar-refractivity contribution in [3.63, 3.8) is 0 Å². The van der Waals surface area contributed by atoms with Gasteiger partial charge in [-0.1, -0.05) is 18.2 Å². The van der Waals surface area contributed by atoms with Crippen LogP contribution < -0.4 is 4.74 Å². The smallest absolute Gasteiger partial charge is 0.224 e. The number of carbonyl (C=O) groups excluding carboxylic acids is 1. The number of pyridine rings is 1. The summed E-state index contributed by atoms with van der Waals surface area (Å²) < 4.78 is 5.56. The first-order valence-corrected chi connectivity index (χ1v) is 6.44. The molecule has 1 aromatic carbocycles. The predicted molar refractivity (Wildman–Crippen MR) is 73.6 cm³/mol. The number of ether oxygens (including phenoxy) is 1. The minimum Gasteiger partial charge on any atom is -0.477 e. The molecule has 1 heterocycles. The summed E-state index contributed by atoms with van der Waals surface area (Å²) in [6.07, 6.45) is 3.28. The number of rotatable bonds is 7. The molecule has 0 spiro atoms. The van der Waals surface area contributed by atoms with Gasteiger partial charge in [-0.3, -0.25) is 4.79 Å². The fourth-order valence-electron chi connectivity index (χ4n) is 1.87. The largest absolute Gasteiger partial charge is 0.477 e. The van der Waals surface area contributed by atoms with Crippen LogP contribution in [0.15, 0.2) is 30.3 Å². The molecule has 0 saturated heterocycles. The van der Waals surface area contributed by atoms with Gasteiger partial charge in [-0.2, -0.15) is 0 Å². The van der Waals surface area contributed by atoms with Gasteiger partial charge in [0.2, 0.25) is 5.88 Å². The Bertz CT molecular complexity index is 554. The van der Waals surface area contributed by atoms with Crippen LogP contribution in [0.3, 0.4) is 0 Å². The van der Waals surface area contributed by atoms with Crippen molar-refractivity contribution in [3.05, 3.63) is 35.9 Å². The summed E-state index contributed by atoms with van der Waals surface area (Å²) in [5, 5.41) is 9.61. The molecule has 2 rings (SSSR count). The summed E-state index contributed by atoms with van der Waals surface area (Å²) in [6.45, 7) is 0.708. The second-order valence-corrected chi connectivity index (χ2v) is 4.33. The number of para-hydroxylation sites is 1. The molecule has 19 heavy (non-hydrogen) atoms. The van der Waals surface area contributed by atoms with Crippen molar-refractivity contribution in [3.8, 4) is 5.88 Å². The highest BCUT2D eigenvalue weighted by molar-refractivity contribution is 5.88. The molecule has 0 bridgehead atoms. The van der Waals surface area contributed by atoms with E-state index >= 15 is 0 Å². The van der Waals surface area contributed by atoms with Crippen molar-refractivity contribution in [2.45, 2.75) is 19.3 Å². The third-order valence-electron chi connectivity index (χ3n) is 2.88. The van der Waals surface area contributed by atoms with Gasteiger partial charge < -0.3 is 9.84 Å². The number of benzene rings is 1. The Morgan fingerprint density at radius 2 is 2.05 bits per heavy atom. The third kappa shape index (κ3) is 3.51. The number of carbonyl (C=O) groups is 1. The highest BCUT2D eigenvalue weighted by Gasteiger charge is 2.07. The van der Waals surface area contributed by atoms with E-state index in [-0.39, 0.29) is 6.61 Å². The molecule has 0 aliphatic rings. The Morgan fingerprint density at radius 3 is 2.84 bits per heavy atom. The van der Waals surface area contributed by atoms with Crippen LogP contribution in [0.5, 0.6) is 5.88 Å². The first-order chi connectivity index (χ1) is 9.35. The molecule has 0 radical (unpaired) electrons. The van der Waals surface area contributed by atoms with Crippen molar-refractivity contribution >= 4 is 17.2 Å². The number of aliphatic hydroxyl groups excluding tert-OH is 1. The number of nitrogens with zero attached hydrogens (tertiary/aromatic N) is 1. The lowest BCUT2D eigenvalue weighted by molar-refractivity contribution is 0.111. The van der Waals surface area contributed by atoms with Crippen LogP contribution in [-0.2, 0) is 0 Å². The van der Waals surface area contributed by atoms with E-state index in [1.54, 1.807) is 6.07 Å². The van der Waals surface area contributed by atoms with Gasteiger partial charge in [0.05, 0.1) is 17.7 Å². The molecule has 4 nitrogen and oxygen atoms in total. The molecule has 0 aliphatic carbocycles. The number of hydrogen-bond acceptors (Lipinski definition) is 4. The molecule has 1 N–H and O–H groups in total. The third-order valence-corrected chi connectivity index (χ3v) is 2.88. The average Bonchev–Trinajstić information content (AvgIpc) is 2.46. The second kappa shape index (κ2) is 6.85. The Kier molecular flexibility index (Phi) is 4.86. The lowest BCUT2D eigenvalue weighted by atomic mass is 10.1. The van der Waals surface area contributed by atoms with Crippen LogP contribution in [0, 0.1) is 0 Å². The highest BCUT2D eigenvalue weighted by atomic mass is 16.5. The van der Waals surface area contributed by atoms with E-state index in [0.717, 1.165) is 36.5 Å². The van der Waals surface area contributed by atoms with Crippen LogP contribution in [0.25, 0.3) is 10.9 Å². The van der Waals surface area contributed by atoms with Gasteiger partial charge in [-0.05, 0) is 31.4 Å².